The van der Waals surface area contributed by atoms with E-state index in [1.54, 1.807) is 38.3 Å². The molecule has 174 valence electrons. The number of hydrogen-bond acceptors (Lipinski definition) is 6. The molecule has 1 fully saturated rings. The first-order valence-electron chi connectivity index (χ1n) is 10.5. The van der Waals surface area contributed by atoms with Crippen molar-refractivity contribution in [1.82, 2.24) is 9.21 Å². The molecule has 3 rings (SSSR count). The highest BCUT2D eigenvalue weighted by molar-refractivity contribution is 7.89. The standard InChI is InChI=1S/C23H30N2O6S/c1-24(14-11-17-7-9-19(29-2)21(15-17)31-4)23(26)18-8-10-20(30-3)22(16-18)32(27,28)25-12-5-6-13-25/h7-10,15-16H,5-6,11-14H2,1-4H3. The van der Waals surface area contributed by atoms with Crippen molar-refractivity contribution in [1.29, 1.82) is 0 Å². The minimum Gasteiger partial charge on any atom is -0.495 e. The molecule has 0 bridgehead atoms. The number of sulfonamides is 1. The van der Waals surface area contributed by atoms with Gasteiger partial charge < -0.3 is 19.1 Å². The molecule has 2 aromatic rings. The summed E-state index contributed by atoms with van der Waals surface area (Å²) >= 11 is 0. The number of ether oxygens (including phenoxy) is 3. The first-order chi connectivity index (χ1) is 15.3. The van der Waals surface area contributed by atoms with Gasteiger partial charge in [-0.15, -0.1) is 0 Å². The lowest BCUT2D eigenvalue weighted by atomic mass is 10.1. The molecule has 0 aliphatic carbocycles. The summed E-state index contributed by atoms with van der Waals surface area (Å²) in [6.45, 7) is 1.42. The van der Waals surface area contributed by atoms with Gasteiger partial charge in [0.1, 0.15) is 10.6 Å². The summed E-state index contributed by atoms with van der Waals surface area (Å²) in [5.74, 6) is 1.25. The van der Waals surface area contributed by atoms with Crippen LogP contribution in [-0.2, 0) is 16.4 Å². The Hall–Kier alpha value is -2.78. The lowest BCUT2D eigenvalue weighted by Crippen LogP contribution is -2.30. The van der Waals surface area contributed by atoms with Crippen LogP contribution in [0.15, 0.2) is 41.3 Å². The summed E-state index contributed by atoms with van der Waals surface area (Å²) in [5.41, 5.74) is 1.30. The predicted molar refractivity (Wildman–Crippen MR) is 121 cm³/mol. The molecule has 0 spiro atoms. The van der Waals surface area contributed by atoms with Crippen molar-refractivity contribution >= 4 is 15.9 Å². The molecule has 0 saturated carbocycles. The number of hydrogen-bond donors (Lipinski definition) is 0. The van der Waals surface area contributed by atoms with Crippen LogP contribution < -0.4 is 14.2 Å². The van der Waals surface area contributed by atoms with Crippen molar-refractivity contribution in [2.75, 3.05) is 48.0 Å². The van der Waals surface area contributed by atoms with Gasteiger partial charge in [-0.1, -0.05) is 6.07 Å². The fourth-order valence-electron chi connectivity index (χ4n) is 3.73. The van der Waals surface area contributed by atoms with Gasteiger partial charge in [0, 0.05) is 32.2 Å². The van der Waals surface area contributed by atoms with Crippen LogP contribution >= 0.6 is 0 Å². The van der Waals surface area contributed by atoms with Crippen molar-refractivity contribution in [3.8, 4) is 17.2 Å². The van der Waals surface area contributed by atoms with E-state index in [1.165, 1.54) is 17.5 Å². The zero-order valence-corrected chi connectivity index (χ0v) is 19.8. The average Bonchev–Trinajstić information content (AvgIpc) is 3.37. The Kier molecular flexibility index (Phi) is 7.63. The topological polar surface area (TPSA) is 85.4 Å². The minimum absolute atomic E-state index is 0.0287. The predicted octanol–water partition coefficient (Wildman–Crippen LogP) is 2.81. The van der Waals surface area contributed by atoms with E-state index in [0.29, 0.717) is 43.1 Å². The van der Waals surface area contributed by atoms with Crippen LogP contribution in [0.3, 0.4) is 0 Å². The monoisotopic (exact) mass is 462 g/mol. The third-order valence-corrected chi connectivity index (χ3v) is 7.54. The third-order valence-electron chi connectivity index (χ3n) is 5.62. The highest BCUT2D eigenvalue weighted by Gasteiger charge is 2.31. The number of benzene rings is 2. The second-order valence-corrected chi connectivity index (χ2v) is 9.55. The number of nitrogens with zero attached hydrogens (tertiary/aromatic N) is 2. The average molecular weight is 463 g/mol. The van der Waals surface area contributed by atoms with E-state index in [-0.39, 0.29) is 16.6 Å². The molecular formula is C23H30N2O6S. The summed E-state index contributed by atoms with van der Waals surface area (Å²) in [5, 5.41) is 0. The van der Waals surface area contributed by atoms with Gasteiger partial charge in [-0.3, -0.25) is 4.79 Å². The van der Waals surface area contributed by atoms with E-state index in [0.717, 1.165) is 18.4 Å². The van der Waals surface area contributed by atoms with E-state index in [2.05, 4.69) is 0 Å². The zero-order valence-electron chi connectivity index (χ0n) is 19.0. The van der Waals surface area contributed by atoms with E-state index in [1.807, 2.05) is 18.2 Å². The largest absolute Gasteiger partial charge is 0.495 e. The van der Waals surface area contributed by atoms with Crippen LogP contribution in [0.4, 0.5) is 0 Å². The lowest BCUT2D eigenvalue weighted by molar-refractivity contribution is 0.0796. The minimum atomic E-state index is -3.72. The second-order valence-electron chi connectivity index (χ2n) is 7.64. The Morgan fingerprint density at radius 3 is 2.19 bits per heavy atom. The number of carbonyl (C=O) groups is 1. The first kappa shape index (κ1) is 23.9. The Labute approximate surface area is 189 Å². The maximum Gasteiger partial charge on any atom is 0.253 e. The Morgan fingerprint density at radius 1 is 0.938 bits per heavy atom. The van der Waals surface area contributed by atoms with Gasteiger partial charge in [-0.25, -0.2) is 8.42 Å². The molecule has 1 amide bonds. The van der Waals surface area contributed by atoms with E-state index in [9.17, 15) is 13.2 Å². The van der Waals surface area contributed by atoms with Crippen LogP contribution in [0.2, 0.25) is 0 Å². The highest BCUT2D eigenvalue weighted by Crippen LogP contribution is 2.30. The summed E-state index contributed by atoms with van der Waals surface area (Å²) < 4.78 is 43.5. The van der Waals surface area contributed by atoms with Crippen LogP contribution in [0.1, 0.15) is 28.8 Å². The van der Waals surface area contributed by atoms with Crippen molar-refractivity contribution in [3.63, 3.8) is 0 Å². The molecule has 1 aliphatic rings. The van der Waals surface area contributed by atoms with Crippen LogP contribution in [-0.4, -0.2) is 71.5 Å². The summed E-state index contributed by atoms with van der Waals surface area (Å²) in [7, 11) is 2.56. The smallest absolute Gasteiger partial charge is 0.253 e. The van der Waals surface area contributed by atoms with Crippen molar-refractivity contribution in [3.05, 3.63) is 47.5 Å². The molecule has 0 aromatic heterocycles. The summed E-state index contributed by atoms with van der Waals surface area (Å²) in [6, 6.07) is 10.2. The molecule has 1 heterocycles. The number of amides is 1. The van der Waals surface area contributed by atoms with E-state index >= 15 is 0 Å². The van der Waals surface area contributed by atoms with Crippen molar-refractivity contribution < 1.29 is 27.4 Å². The Balaban J connectivity index is 1.77. The van der Waals surface area contributed by atoms with Gasteiger partial charge in [-0.2, -0.15) is 4.31 Å². The van der Waals surface area contributed by atoms with E-state index < -0.39 is 10.0 Å². The first-order valence-corrected chi connectivity index (χ1v) is 11.9. The molecule has 32 heavy (non-hydrogen) atoms. The molecule has 0 radical (unpaired) electrons. The van der Waals surface area contributed by atoms with E-state index in [4.69, 9.17) is 14.2 Å². The number of likely N-dealkylation sites (N-methyl/N-ethyl adjacent to an activating group) is 1. The number of carbonyl (C=O) groups excluding carboxylic acids is 1. The molecule has 0 unspecified atom stereocenters. The van der Waals surface area contributed by atoms with Gasteiger partial charge in [0.25, 0.3) is 5.91 Å². The quantitative estimate of drug-likeness (QED) is 0.570. The van der Waals surface area contributed by atoms with Crippen LogP contribution in [0.25, 0.3) is 0 Å². The molecule has 1 saturated heterocycles. The molecule has 8 nitrogen and oxygen atoms in total. The molecule has 0 N–H and O–H groups in total. The molecular weight excluding hydrogens is 432 g/mol. The van der Waals surface area contributed by atoms with Gasteiger partial charge >= 0.3 is 0 Å². The Morgan fingerprint density at radius 2 is 1.56 bits per heavy atom. The zero-order chi connectivity index (χ0) is 23.3. The van der Waals surface area contributed by atoms with Gasteiger partial charge in [0.15, 0.2) is 11.5 Å². The molecule has 1 aliphatic heterocycles. The second kappa shape index (κ2) is 10.2. The summed E-state index contributed by atoms with van der Waals surface area (Å²) in [6.07, 6.45) is 2.27. The molecule has 9 heteroatoms. The van der Waals surface area contributed by atoms with Crippen LogP contribution in [0, 0.1) is 0 Å². The maximum atomic E-state index is 13.1. The van der Waals surface area contributed by atoms with Gasteiger partial charge in [0.05, 0.1) is 21.3 Å². The van der Waals surface area contributed by atoms with Gasteiger partial charge in [0.2, 0.25) is 10.0 Å². The SMILES string of the molecule is COc1ccc(CCN(C)C(=O)c2ccc(OC)c(S(=O)(=O)N3CCCC3)c2)cc1OC. The molecule has 0 atom stereocenters. The highest BCUT2D eigenvalue weighted by atomic mass is 32.2. The van der Waals surface area contributed by atoms with Crippen molar-refractivity contribution in [2.45, 2.75) is 24.2 Å². The summed E-state index contributed by atoms with van der Waals surface area (Å²) in [4.78, 5) is 14.6. The lowest BCUT2D eigenvalue weighted by Gasteiger charge is -2.20. The third kappa shape index (κ3) is 4.99. The fourth-order valence-corrected chi connectivity index (χ4v) is 5.43. The maximum absolute atomic E-state index is 13.1. The Bertz CT molecular complexity index is 1060. The number of methoxy groups -OCH3 is 3. The normalized spacial score (nSPS) is 14.2. The molecule has 2 aromatic carbocycles. The number of rotatable bonds is 9. The van der Waals surface area contributed by atoms with Crippen molar-refractivity contribution in [2.24, 2.45) is 0 Å². The van der Waals surface area contributed by atoms with Gasteiger partial charge in [-0.05, 0) is 55.2 Å². The fraction of sp³-hybridized carbons (Fsp3) is 0.435. The van der Waals surface area contributed by atoms with Crippen LogP contribution in [0.5, 0.6) is 17.2 Å².